The molecule has 1 atom stereocenters. The van der Waals surface area contributed by atoms with E-state index in [0.29, 0.717) is 5.92 Å². The van der Waals surface area contributed by atoms with Crippen molar-refractivity contribution in [1.82, 2.24) is 6.15 Å². The fourth-order valence-corrected chi connectivity index (χ4v) is 3.74. The summed E-state index contributed by atoms with van der Waals surface area (Å²) in [6.07, 6.45) is 15.1. The maximum Gasteiger partial charge on any atom is 0.295 e. The van der Waals surface area contributed by atoms with E-state index in [9.17, 15) is 10.1 Å². The molecule has 0 saturated carbocycles. The van der Waals surface area contributed by atoms with E-state index in [4.69, 9.17) is 4.84 Å². The quantitative estimate of drug-likeness (QED) is 0.168. The maximum absolute atomic E-state index is 11.3. The Hall–Kier alpha value is -0.840. The van der Waals surface area contributed by atoms with Crippen LogP contribution in [-0.4, -0.2) is 10.7 Å². The molecule has 0 radical (unpaired) electrons. The normalized spacial score (nSPS) is 12.5. The average Bonchev–Trinajstić information content (AvgIpc) is 2.56. The van der Waals surface area contributed by atoms with Crippen molar-refractivity contribution in [2.75, 3.05) is 0 Å². The Morgan fingerprint density at radius 2 is 1.28 bits per heavy atom. The van der Waals surface area contributed by atoms with E-state index in [-0.39, 0.29) is 6.15 Å². The highest BCUT2D eigenvalue weighted by molar-refractivity contribution is 4.87. The minimum absolute atomic E-state index is 0. The van der Waals surface area contributed by atoms with Crippen molar-refractivity contribution in [3.63, 3.8) is 0 Å². The Labute approximate surface area is 156 Å². The lowest BCUT2D eigenvalue weighted by Gasteiger charge is -2.39. The summed E-state index contributed by atoms with van der Waals surface area (Å²) in [4.78, 5) is 16.8. The molecule has 152 valence electrons. The Kier molecular flexibility index (Phi) is 17.5. The molecule has 0 amide bonds. The van der Waals surface area contributed by atoms with Gasteiger partial charge in [0.1, 0.15) is 5.60 Å². The predicted octanol–water partition coefficient (Wildman–Crippen LogP) is 7.25. The summed E-state index contributed by atoms with van der Waals surface area (Å²) in [5, 5.41) is 10.8. The van der Waals surface area contributed by atoms with Gasteiger partial charge in [0.2, 0.25) is 0 Å². The Bertz CT molecular complexity index is 303. The van der Waals surface area contributed by atoms with Crippen molar-refractivity contribution in [3.05, 3.63) is 10.1 Å². The van der Waals surface area contributed by atoms with Crippen LogP contribution in [0.2, 0.25) is 0 Å². The highest BCUT2D eigenvalue weighted by Crippen LogP contribution is 2.39. The average molecular weight is 361 g/mol. The second-order valence-electron chi connectivity index (χ2n) is 7.28. The van der Waals surface area contributed by atoms with Crippen LogP contribution in [0.25, 0.3) is 0 Å². The zero-order chi connectivity index (χ0) is 18.3. The van der Waals surface area contributed by atoms with Gasteiger partial charge in [-0.25, -0.2) is 0 Å². The van der Waals surface area contributed by atoms with E-state index in [1.165, 1.54) is 25.7 Å². The number of hydrogen-bond acceptors (Lipinski definition) is 4. The molecule has 0 spiro atoms. The molecule has 0 bridgehead atoms. The lowest BCUT2D eigenvalue weighted by molar-refractivity contribution is -0.785. The molecule has 5 heteroatoms. The van der Waals surface area contributed by atoms with Gasteiger partial charge < -0.3 is 11.0 Å². The van der Waals surface area contributed by atoms with Crippen molar-refractivity contribution in [1.29, 1.82) is 0 Å². The molecule has 0 aromatic rings. The fourth-order valence-electron chi connectivity index (χ4n) is 3.74. The van der Waals surface area contributed by atoms with Crippen molar-refractivity contribution in [2.45, 2.75) is 123 Å². The van der Waals surface area contributed by atoms with Gasteiger partial charge in [0.05, 0.1) is 0 Å². The minimum Gasteiger partial charge on any atom is -0.344 e. The van der Waals surface area contributed by atoms with Gasteiger partial charge in [-0.15, -0.1) is 10.1 Å². The van der Waals surface area contributed by atoms with Crippen molar-refractivity contribution in [2.24, 2.45) is 5.92 Å². The summed E-state index contributed by atoms with van der Waals surface area (Å²) in [6, 6.07) is 0. The molecule has 3 N–H and O–H groups in total. The van der Waals surface area contributed by atoms with E-state index in [1.54, 1.807) is 0 Å². The molecule has 0 aromatic heterocycles. The van der Waals surface area contributed by atoms with Gasteiger partial charge in [-0.2, -0.15) is 0 Å². The van der Waals surface area contributed by atoms with Crippen LogP contribution in [-0.2, 0) is 4.84 Å². The molecule has 5 nitrogen and oxygen atoms in total. The van der Waals surface area contributed by atoms with E-state index in [0.717, 1.165) is 64.2 Å². The summed E-state index contributed by atoms with van der Waals surface area (Å²) < 4.78 is 0. The van der Waals surface area contributed by atoms with E-state index in [2.05, 4.69) is 27.7 Å². The first-order chi connectivity index (χ1) is 11.6. The summed E-state index contributed by atoms with van der Waals surface area (Å²) in [5.41, 5.74) is -0.559. The van der Waals surface area contributed by atoms with Gasteiger partial charge >= 0.3 is 0 Å². The molecule has 0 aliphatic heterocycles. The first-order valence-electron chi connectivity index (χ1n) is 10.4. The molecule has 1 unspecified atom stereocenters. The van der Waals surface area contributed by atoms with Crippen molar-refractivity contribution in [3.8, 4) is 0 Å². The fraction of sp³-hybridized carbons (Fsp3) is 1.00. The van der Waals surface area contributed by atoms with Gasteiger partial charge in [0.15, 0.2) is 0 Å². The largest absolute Gasteiger partial charge is 0.344 e. The van der Waals surface area contributed by atoms with E-state index < -0.39 is 10.7 Å². The minimum atomic E-state index is -0.559. The second-order valence-corrected chi connectivity index (χ2v) is 7.28. The monoisotopic (exact) mass is 360 g/mol. The van der Waals surface area contributed by atoms with E-state index >= 15 is 0 Å². The molecule has 0 fully saturated rings. The number of nitrogens with zero attached hydrogens (tertiary/aromatic N) is 1. The van der Waals surface area contributed by atoms with Crippen LogP contribution < -0.4 is 6.15 Å². The first kappa shape index (κ1) is 26.4. The Morgan fingerprint density at radius 3 is 1.72 bits per heavy atom. The zero-order valence-electron chi connectivity index (χ0n) is 17.4. The van der Waals surface area contributed by atoms with Crippen LogP contribution in [0, 0.1) is 16.0 Å². The smallest absolute Gasteiger partial charge is 0.295 e. The SMILES string of the molecule is CCCCCCC(CCCC)C(CCCC)(CCCC)O[N+](=O)[O-].N. The van der Waals surface area contributed by atoms with Crippen LogP contribution in [0.5, 0.6) is 0 Å². The lowest BCUT2D eigenvalue weighted by atomic mass is 9.74. The Balaban J connectivity index is 0. The van der Waals surface area contributed by atoms with Gasteiger partial charge in [0, 0.05) is 0 Å². The van der Waals surface area contributed by atoms with Crippen LogP contribution in [0.15, 0.2) is 0 Å². The van der Waals surface area contributed by atoms with Crippen LogP contribution >= 0.6 is 0 Å². The van der Waals surface area contributed by atoms with Crippen LogP contribution in [0.4, 0.5) is 0 Å². The zero-order valence-corrected chi connectivity index (χ0v) is 17.4. The molecule has 0 heterocycles. The van der Waals surface area contributed by atoms with Gasteiger partial charge in [-0.1, -0.05) is 91.9 Å². The van der Waals surface area contributed by atoms with E-state index in [1.807, 2.05) is 0 Å². The third-order valence-electron chi connectivity index (χ3n) is 5.22. The topological polar surface area (TPSA) is 87.4 Å². The third-order valence-corrected chi connectivity index (χ3v) is 5.22. The van der Waals surface area contributed by atoms with Crippen LogP contribution in [0.1, 0.15) is 118 Å². The van der Waals surface area contributed by atoms with Crippen molar-refractivity contribution >= 4 is 0 Å². The molecule has 0 saturated heterocycles. The highest BCUT2D eigenvalue weighted by Gasteiger charge is 2.40. The maximum atomic E-state index is 11.3. The summed E-state index contributed by atoms with van der Waals surface area (Å²) in [7, 11) is 0. The molecular weight excluding hydrogens is 316 g/mol. The highest BCUT2D eigenvalue weighted by atomic mass is 17.0. The predicted molar refractivity (Wildman–Crippen MR) is 107 cm³/mol. The second kappa shape index (κ2) is 16.6. The molecule has 0 aromatic carbocycles. The number of rotatable bonds is 17. The number of unbranched alkanes of at least 4 members (excludes halogenated alkanes) is 6. The van der Waals surface area contributed by atoms with Crippen LogP contribution in [0.3, 0.4) is 0 Å². The Morgan fingerprint density at radius 1 is 0.800 bits per heavy atom. The molecular formula is C20H44N2O3. The molecule has 0 rings (SSSR count). The summed E-state index contributed by atoms with van der Waals surface area (Å²) in [5.74, 6) is 0.317. The third kappa shape index (κ3) is 11.4. The lowest BCUT2D eigenvalue weighted by Crippen LogP contribution is -2.43. The van der Waals surface area contributed by atoms with Gasteiger partial charge in [-0.05, 0) is 31.6 Å². The standard InChI is InChI=1S/C20H41NO3.H3N/c1-5-9-13-14-16-19(15-10-6-2)20(17-11-7-3,18-12-8-4)24-21(22)23;/h19H,5-18H2,1-4H3;1H3. The van der Waals surface area contributed by atoms with Gasteiger partial charge in [-0.3, -0.25) is 0 Å². The van der Waals surface area contributed by atoms with Gasteiger partial charge in [0.25, 0.3) is 5.09 Å². The first-order valence-corrected chi connectivity index (χ1v) is 10.4. The summed E-state index contributed by atoms with van der Waals surface area (Å²) in [6.45, 7) is 8.72. The number of hydrogen-bond donors (Lipinski definition) is 1. The molecule has 25 heavy (non-hydrogen) atoms. The van der Waals surface area contributed by atoms with Crippen molar-refractivity contribution < 1.29 is 9.92 Å². The summed E-state index contributed by atoms with van der Waals surface area (Å²) >= 11 is 0. The molecule has 0 aliphatic carbocycles. The molecule has 0 aliphatic rings.